The Morgan fingerprint density at radius 2 is 2.00 bits per heavy atom. The summed E-state index contributed by atoms with van der Waals surface area (Å²) < 4.78 is 7.11. The van der Waals surface area contributed by atoms with E-state index in [9.17, 15) is 4.79 Å². The Kier molecular flexibility index (Phi) is 3.59. The minimum Gasteiger partial charge on any atom is -0.465 e. The molecule has 0 atom stereocenters. The molecule has 6 heteroatoms. The third-order valence-electron chi connectivity index (χ3n) is 3.52. The predicted molar refractivity (Wildman–Crippen MR) is 94.7 cm³/mol. The van der Waals surface area contributed by atoms with Crippen LogP contribution in [0, 0.1) is 6.92 Å². The lowest BCUT2D eigenvalue weighted by atomic mass is 10.1. The fraction of sp³-hybridized carbons (Fsp3) is 0.0556. The molecule has 0 radical (unpaired) electrons. The highest BCUT2D eigenvalue weighted by Crippen LogP contribution is 2.09. The first kappa shape index (κ1) is 14.6. The first-order valence-electron chi connectivity index (χ1n) is 7.38. The minimum absolute atomic E-state index is 0.186. The van der Waals surface area contributed by atoms with E-state index in [4.69, 9.17) is 4.42 Å². The quantitative estimate of drug-likeness (QED) is 0.578. The number of furan rings is 1. The topological polar surface area (TPSA) is 60.4 Å². The minimum atomic E-state index is -0.186. The molecular formula is C18H13N3O2S. The van der Waals surface area contributed by atoms with Gasteiger partial charge in [-0.05, 0) is 30.7 Å². The SMILES string of the molecule is Cc1ccc(C=Cc2nc3sc(=Cc4ccco4)c(=O)n3n2)cc1. The molecule has 118 valence electrons. The van der Waals surface area contributed by atoms with Crippen LogP contribution in [0.1, 0.15) is 22.7 Å². The second kappa shape index (κ2) is 5.90. The maximum absolute atomic E-state index is 12.4. The molecule has 24 heavy (non-hydrogen) atoms. The summed E-state index contributed by atoms with van der Waals surface area (Å²) in [5.41, 5.74) is 2.09. The van der Waals surface area contributed by atoms with Crippen LogP contribution in [-0.4, -0.2) is 14.6 Å². The van der Waals surface area contributed by atoms with Crippen molar-refractivity contribution in [1.29, 1.82) is 0 Å². The monoisotopic (exact) mass is 335 g/mol. The van der Waals surface area contributed by atoms with Crippen molar-refractivity contribution >= 4 is 34.5 Å². The van der Waals surface area contributed by atoms with Crippen LogP contribution in [0.15, 0.2) is 51.9 Å². The van der Waals surface area contributed by atoms with Crippen LogP contribution in [-0.2, 0) is 0 Å². The van der Waals surface area contributed by atoms with Crippen molar-refractivity contribution < 1.29 is 4.42 Å². The predicted octanol–water partition coefficient (Wildman–Crippen LogP) is 2.77. The highest BCUT2D eigenvalue weighted by molar-refractivity contribution is 7.15. The van der Waals surface area contributed by atoms with E-state index >= 15 is 0 Å². The average Bonchev–Trinajstić information content (AvgIpc) is 3.28. The van der Waals surface area contributed by atoms with Crippen LogP contribution in [0.3, 0.4) is 0 Å². The molecule has 4 aromatic rings. The summed E-state index contributed by atoms with van der Waals surface area (Å²) in [5.74, 6) is 1.15. The molecule has 5 nitrogen and oxygen atoms in total. The number of benzene rings is 1. The normalized spacial score (nSPS) is 12.6. The number of thiazole rings is 1. The Morgan fingerprint density at radius 1 is 1.17 bits per heavy atom. The molecule has 0 amide bonds. The Hall–Kier alpha value is -2.99. The van der Waals surface area contributed by atoms with Gasteiger partial charge in [-0.2, -0.15) is 9.50 Å². The Morgan fingerprint density at radius 3 is 2.71 bits per heavy atom. The zero-order chi connectivity index (χ0) is 16.5. The summed E-state index contributed by atoms with van der Waals surface area (Å²) in [6.45, 7) is 2.05. The molecule has 0 aliphatic rings. The van der Waals surface area contributed by atoms with Gasteiger partial charge in [-0.1, -0.05) is 47.2 Å². The fourth-order valence-corrected chi connectivity index (χ4v) is 3.17. The molecule has 4 rings (SSSR count). The van der Waals surface area contributed by atoms with Crippen LogP contribution in [0.25, 0.3) is 23.2 Å². The maximum atomic E-state index is 12.4. The van der Waals surface area contributed by atoms with E-state index in [1.165, 1.54) is 21.4 Å². The van der Waals surface area contributed by atoms with Crippen LogP contribution < -0.4 is 10.1 Å². The van der Waals surface area contributed by atoms with Gasteiger partial charge in [0.15, 0.2) is 5.82 Å². The van der Waals surface area contributed by atoms with Crippen molar-refractivity contribution in [2.75, 3.05) is 0 Å². The van der Waals surface area contributed by atoms with Gasteiger partial charge < -0.3 is 4.42 Å². The first-order valence-corrected chi connectivity index (χ1v) is 8.20. The smallest absolute Gasteiger partial charge is 0.291 e. The van der Waals surface area contributed by atoms with Gasteiger partial charge >= 0.3 is 0 Å². The molecule has 0 aliphatic heterocycles. The van der Waals surface area contributed by atoms with Gasteiger partial charge in [0.2, 0.25) is 4.96 Å². The molecule has 0 aliphatic carbocycles. The zero-order valence-corrected chi connectivity index (χ0v) is 13.7. The molecular weight excluding hydrogens is 322 g/mol. The number of aryl methyl sites for hydroxylation is 1. The van der Waals surface area contributed by atoms with Crippen molar-refractivity contribution in [2.45, 2.75) is 6.92 Å². The van der Waals surface area contributed by atoms with Crippen molar-refractivity contribution in [2.24, 2.45) is 0 Å². The molecule has 0 spiro atoms. The average molecular weight is 335 g/mol. The van der Waals surface area contributed by atoms with Crippen molar-refractivity contribution in [3.05, 3.63) is 80.3 Å². The van der Waals surface area contributed by atoms with Crippen LogP contribution >= 0.6 is 11.3 Å². The summed E-state index contributed by atoms with van der Waals surface area (Å²) >= 11 is 1.29. The largest absolute Gasteiger partial charge is 0.465 e. The van der Waals surface area contributed by atoms with E-state index in [2.05, 4.69) is 10.1 Å². The fourth-order valence-electron chi connectivity index (χ4n) is 2.27. The lowest BCUT2D eigenvalue weighted by molar-refractivity contribution is 0.556. The van der Waals surface area contributed by atoms with E-state index < -0.39 is 0 Å². The molecule has 3 heterocycles. The molecule has 0 bridgehead atoms. The lowest BCUT2D eigenvalue weighted by Crippen LogP contribution is -2.23. The van der Waals surface area contributed by atoms with Gasteiger partial charge in [0, 0.05) is 6.08 Å². The summed E-state index contributed by atoms with van der Waals surface area (Å²) in [4.78, 5) is 17.3. The second-order valence-electron chi connectivity index (χ2n) is 5.34. The first-order chi connectivity index (χ1) is 11.7. The highest BCUT2D eigenvalue weighted by atomic mass is 32.1. The number of nitrogens with zero attached hydrogens (tertiary/aromatic N) is 3. The van der Waals surface area contributed by atoms with Crippen LogP contribution in [0.4, 0.5) is 0 Å². The van der Waals surface area contributed by atoms with Gasteiger partial charge in [0.1, 0.15) is 10.3 Å². The lowest BCUT2D eigenvalue weighted by Gasteiger charge is -1.93. The van der Waals surface area contributed by atoms with Gasteiger partial charge in [-0.25, -0.2) is 0 Å². The Balaban J connectivity index is 1.67. The Bertz CT molecular complexity index is 1120. The van der Waals surface area contributed by atoms with E-state index in [0.29, 0.717) is 21.1 Å². The van der Waals surface area contributed by atoms with Crippen molar-refractivity contribution in [3.63, 3.8) is 0 Å². The van der Waals surface area contributed by atoms with Gasteiger partial charge in [-0.3, -0.25) is 4.79 Å². The van der Waals surface area contributed by atoms with Crippen LogP contribution in [0.5, 0.6) is 0 Å². The van der Waals surface area contributed by atoms with Crippen LogP contribution in [0.2, 0.25) is 0 Å². The Labute approximate surface area is 141 Å². The summed E-state index contributed by atoms with van der Waals surface area (Å²) in [6, 6.07) is 11.7. The van der Waals surface area contributed by atoms with E-state index in [1.807, 2.05) is 37.3 Å². The van der Waals surface area contributed by atoms with Gasteiger partial charge in [0.25, 0.3) is 5.56 Å². The van der Waals surface area contributed by atoms with E-state index in [-0.39, 0.29) is 5.56 Å². The van der Waals surface area contributed by atoms with E-state index in [1.54, 1.807) is 30.5 Å². The summed E-state index contributed by atoms with van der Waals surface area (Å²) in [6.07, 6.45) is 7.01. The molecule has 0 saturated heterocycles. The number of aromatic nitrogens is 3. The summed E-state index contributed by atoms with van der Waals surface area (Å²) in [5, 5.41) is 4.26. The molecule has 0 N–H and O–H groups in total. The number of hydrogen-bond acceptors (Lipinski definition) is 5. The third-order valence-corrected chi connectivity index (χ3v) is 4.48. The van der Waals surface area contributed by atoms with Gasteiger partial charge in [0.05, 0.1) is 6.26 Å². The molecule has 3 aromatic heterocycles. The third kappa shape index (κ3) is 2.79. The summed E-state index contributed by atoms with van der Waals surface area (Å²) in [7, 11) is 0. The standard InChI is InChI=1S/C18H13N3O2S/c1-12-4-6-13(7-5-12)8-9-16-19-18-21(20-16)17(22)15(24-18)11-14-3-2-10-23-14/h2-11H,1H3. The van der Waals surface area contributed by atoms with E-state index in [0.717, 1.165) is 5.56 Å². The number of fused-ring (bicyclic) bond motifs is 1. The zero-order valence-electron chi connectivity index (χ0n) is 12.8. The maximum Gasteiger partial charge on any atom is 0.291 e. The molecule has 0 saturated carbocycles. The van der Waals surface area contributed by atoms with Crippen molar-refractivity contribution in [1.82, 2.24) is 14.6 Å². The molecule has 1 aromatic carbocycles. The van der Waals surface area contributed by atoms with Gasteiger partial charge in [-0.15, -0.1) is 5.10 Å². The highest BCUT2D eigenvalue weighted by Gasteiger charge is 2.09. The second-order valence-corrected chi connectivity index (χ2v) is 6.35. The number of rotatable bonds is 3. The molecule has 0 fully saturated rings. The van der Waals surface area contributed by atoms with Crippen molar-refractivity contribution in [3.8, 4) is 0 Å². The molecule has 0 unspecified atom stereocenters. The number of hydrogen-bond donors (Lipinski definition) is 0.